The highest BCUT2D eigenvalue weighted by molar-refractivity contribution is 5.93. The molecule has 2 rings (SSSR count). The summed E-state index contributed by atoms with van der Waals surface area (Å²) in [5.74, 6) is -0.958. The van der Waals surface area contributed by atoms with Gasteiger partial charge in [-0.15, -0.1) is 0 Å². The molecule has 0 radical (unpaired) electrons. The van der Waals surface area contributed by atoms with Crippen LogP contribution in [0.15, 0.2) is 12.3 Å². The molecule has 108 valence electrons. The second kappa shape index (κ2) is 5.07. The zero-order valence-corrected chi connectivity index (χ0v) is 11.4. The Labute approximate surface area is 116 Å². The average molecular weight is 279 g/mol. The van der Waals surface area contributed by atoms with Crippen molar-refractivity contribution in [3.05, 3.63) is 27.9 Å². The molecule has 1 aliphatic carbocycles. The fourth-order valence-corrected chi connectivity index (χ4v) is 2.62. The van der Waals surface area contributed by atoms with Gasteiger partial charge in [0.1, 0.15) is 17.6 Å². The zero-order chi connectivity index (χ0) is 14.9. The predicted molar refractivity (Wildman–Crippen MR) is 72.9 cm³/mol. The van der Waals surface area contributed by atoms with Gasteiger partial charge in [0.25, 0.3) is 0 Å². The van der Waals surface area contributed by atoms with Gasteiger partial charge in [-0.1, -0.05) is 20.3 Å². The Hall–Kier alpha value is -2.18. The highest BCUT2D eigenvalue weighted by Crippen LogP contribution is 2.39. The van der Waals surface area contributed by atoms with Gasteiger partial charge in [-0.3, -0.25) is 10.1 Å². The Morgan fingerprint density at radius 2 is 2.30 bits per heavy atom. The van der Waals surface area contributed by atoms with Gasteiger partial charge in [-0.05, 0) is 18.3 Å². The minimum Gasteiger partial charge on any atom is -0.477 e. The summed E-state index contributed by atoms with van der Waals surface area (Å²) in [6.07, 6.45) is 4.16. The molecular weight excluding hydrogens is 262 g/mol. The summed E-state index contributed by atoms with van der Waals surface area (Å²) in [5.41, 5.74) is -0.732. The maximum absolute atomic E-state index is 11.1. The first-order valence-corrected chi connectivity index (χ1v) is 6.45. The van der Waals surface area contributed by atoms with E-state index in [0.717, 1.165) is 25.5 Å². The lowest BCUT2D eigenvalue weighted by molar-refractivity contribution is -0.385. The molecule has 1 saturated carbocycles. The Bertz CT molecular complexity index is 557. The number of aromatic carboxylic acids is 1. The molecule has 0 spiro atoms. The van der Waals surface area contributed by atoms with Crippen molar-refractivity contribution in [1.29, 1.82) is 0 Å². The van der Waals surface area contributed by atoms with Crippen molar-refractivity contribution in [3.63, 3.8) is 0 Å². The van der Waals surface area contributed by atoms with Crippen molar-refractivity contribution >= 4 is 17.5 Å². The number of nitro groups is 1. The van der Waals surface area contributed by atoms with Crippen molar-refractivity contribution in [3.8, 4) is 0 Å². The molecular formula is C13H17N3O4. The molecule has 1 heterocycles. The number of anilines is 1. The van der Waals surface area contributed by atoms with E-state index in [2.05, 4.69) is 24.1 Å². The molecule has 20 heavy (non-hydrogen) atoms. The Morgan fingerprint density at radius 3 is 2.80 bits per heavy atom. The minimum absolute atomic E-state index is 0.104. The van der Waals surface area contributed by atoms with Gasteiger partial charge in [0.05, 0.1) is 4.92 Å². The number of rotatable bonds is 4. The predicted octanol–water partition coefficient (Wildman–Crippen LogP) is 2.68. The lowest BCUT2D eigenvalue weighted by Crippen LogP contribution is -2.31. The van der Waals surface area contributed by atoms with Crippen LogP contribution < -0.4 is 5.32 Å². The summed E-state index contributed by atoms with van der Waals surface area (Å²) in [6.45, 7) is 4.28. The summed E-state index contributed by atoms with van der Waals surface area (Å²) >= 11 is 0. The third-order valence-electron chi connectivity index (χ3n) is 3.89. The van der Waals surface area contributed by atoms with Crippen molar-refractivity contribution in [2.75, 3.05) is 5.32 Å². The first kappa shape index (κ1) is 14.2. The second-order valence-electron chi connectivity index (χ2n) is 5.73. The number of carbonyl (C=O) groups is 1. The molecule has 1 fully saturated rings. The number of hydrogen-bond acceptors (Lipinski definition) is 5. The van der Waals surface area contributed by atoms with Gasteiger partial charge in [-0.2, -0.15) is 0 Å². The molecule has 2 N–H and O–H groups in total. The fraction of sp³-hybridized carbons (Fsp3) is 0.538. The molecule has 0 saturated heterocycles. The molecule has 1 aliphatic rings. The first-order chi connectivity index (χ1) is 9.31. The summed E-state index contributed by atoms with van der Waals surface area (Å²) < 4.78 is 0. The number of nitrogens with one attached hydrogen (secondary N) is 1. The van der Waals surface area contributed by atoms with Gasteiger partial charge < -0.3 is 10.4 Å². The highest BCUT2D eigenvalue weighted by atomic mass is 16.6. The van der Waals surface area contributed by atoms with Crippen LogP contribution in [0.4, 0.5) is 11.5 Å². The second-order valence-corrected chi connectivity index (χ2v) is 5.73. The number of carboxylic acid groups (broad SMARTS) is 1. The van der Waals surface area contributed by atoms with Crippen LogP contribution in [0.25, 0.3) is 0 Å². The van der Waals surface area contributed by atoms with Crippen LogP contribution in [-0.4, -0.2) is 27.0 Å². The third-order valence-corrected chi connectivity index (χ3v) is 3.89. The molecule has 0 aromatic carbocycles. The van der Waals surface area contributed by atoms with E-state index in [0.29, 0.717) is 5.82 Å². The molecule has 1 aromatic heterocycles. The van der Waals surface area contributed by atoms with Crippen LogP contribution in [0.5, 0.6) is 0 Å². The van der Waals surface area contributed by atoms with Gasteiger partial charge in [0, 0.05) is 12.1 Å². The average Bonchev–Trinajstić information content (AvgIpc) is 2.68. The van der Waals surface area contributed by atoms with Crippen LogP contribution in [0, 0.1) is 15.5 Å². The zero-order valence-electron chi connectivity index (χ0n) is 11.4. The summed E-state index contributed by atoms with van der Waals surface area (Å²) in [4.78, 5) is 25.1. The quantitative estimate of drug-likeness (QED) is 0.648. The van der Waals surface area contributed by atoms with Crippen LogP contribution in [0.3, 0.4) is 0 Å². The van der Waals surface area contributed by atoms with E-state index in [4.69, 9.17) is 5.11 Å². The van der Waals surface area contributed by atoms with Gasteiger partial charge in [0.2, 0.25) is 0 Å². The van der Waals surface area contributed by atoms with Crippen LogP contribution >= 0.6 is 0 Å². The van der Waals surface area contributed by atoms with Crippen molar-refractivity contribution in [1.82, 2.24) is 4.98 Å². The molecule has 7 heteroatoms. The normalized spacial score (nSPS) is 20.6. The molecule has 1 atom stereocenters. The number of aromatic nitrogens is 1. The minimum atomic E-state index is -1.33. The molecule has 7 nitrogen and oxygen atoms in total. The number of nitrogens with zero attached hydrogens (tertiary/aromatic N) is 2. The van der Waals surface area contributed by atoms with Crippen LogP contribution in [0.1, 0.15) is 43.5 Å². The fourth-order valence-electron chi connectivity index (χ4n) is 2.62. The van der Waals surface area contributed by atoms with E-state index in [1.165, 1.54) is 6.07 Å². The van der Waals surface area contributed by atoms with Crippen molar-refractivity contribution < 1.29 is 14.8 Å². The molecule has 0 aliphatic heterocycles. The van der Waals surface area contributed by atoms with Crippen LogP contribution in [-0.2, 0) is 0 Å². The third kappa shape index (κ3) is 2.71. The molecule has 0 amide bonds. The molecule has 1 unspecified atom stereocenters. The van der Waals surface area contributed by atoms with Gasteiger partial charge in [0.15, 0.2) is 0 Å². The van der Waals surface area contributed by atoms with Crippen molar-refractivity contribution in [2.24, 2.45) is 5.41 Å². The maximum Gasteiger partial charge on any atom is 0.342 e. The van der Waals surface area contributed by atoms with E-state index < -0.39 is 16.6 Å². The van der Waals surface area contributed by atoms with E-state index >= 15 is 0 Å². The highest BCUT2D eigenvalue weighted by Gasteiger charge is 2.34. The van der Waals surface area contributed by atoms with Crippen LogP contribution in [0.2, 0.25) is 0 Å². The lowest BCUT2D eigenvalue weighted by atomic mass is 9.87. The van der Waals surface area contributed by atoms with Gasteiger partial charge in [-0.25, -0.2) is 9.78 Å². The summed E-state index contributed by atoms with van der Waals surface area (Å²) in [6, 6.07) is 1.42. The van der Waals surface area contributed by atoms with E-state index in [1.807, 2.05) is 0 Å². The maximum atomic E-state index is 11.1. The lowest BCUT2D eigenvalue weighted by Gasteiger charge is -2.28. The van der Waals surface area contributed by atoms with E-state index in [1.54, 1.807) is 0 Å². The largest absolute Gasteiger partial charge is 0.477 e. The first-order valence-electron chi connectivity index (χ1n) is 6.45. The number of carboxylic acids is 1. The molecule has 0 bridgehead atoms. The SMILES string of the molecule is CC1(C)CCCC1Nc1cc(C(=O)O)c([N+](=O)[O-])cn1. The van der Waals surface area contributed by atoms with E-state index in [9.17, 15) is 14.9 Å². The summed E-state index contributed by atoms with van der Waals surface area (Å²) in [5, 5.41) is 23.0. The standard InChI is InChI=1S/C13H17N3O4/c1-13(2)5-3-4-10(13)15-11-6-8(12(17)18)9(7-14-11)16(19)20/h6-7,10H,3-5H2,1-2H3,(H,14,15)(H,17,18). The monoisotopic (exact) mass is 279 g/mol. The number of hydrogen-bond donors (Lipinski definition) is 2. The smallest absolute Gasteiger partial charge is 0.342 e. The summed E-state index contributed by atoms with van der Waals surface area (Å²) in [7, 11) is 0. The van der Waals surface area contributed by atoms with E-state index in [-0.39, 0.29) is 17.0 Å². The Morgan fingerprint density at radius 1 is 1.60 bits per heavy atom. The number of pyridine rings is 1. The Balaban J connectivity index is 2.28. The molecule has 1 aromatic rings. The van der Waals surface area contributed by atoms with Crippen molar-refractivity contribution in [2.45, 2.75) is 39.2 Å². The Kier molecular flexibility index (Phi) is 3.61. The topological polar surface area (TPSA) is 105 Å². The van der Waals surface area contributed by atoms with Gasteiger partial charge >= 0.3 is 11.7 Å².